The van der Waals surface area contributed by atoms with Gasteiger partial charge in [-0.25, -0.2) is 26.9 Å². The Morgan fingerprint density at radius 3 is 2.20 bits per heavy atom. The predicted octanol–water partition coefficient (Wildman–Crippen LogP) is 6.10. The van der Waals surface area contributed by atoms with Gasteiger partial charge in [0.05, 0.1) is 10.6 Å². The van der Waals surface area contributed by atoms with Crippen molar-refractivity contribution >= 4 is 34.3 Å². The summed E-state index contributed by atoms with van der Waals surface area (Å²) in [6.07, 6.45) is 0. The molecule has 0 aliphatic rings. The summed E-state index contributed by atoms with van der Waals surface area (Å²) in [4.78, 5) is 16.4. The zero-order valence-electron chi connectivity index (χ0n) is 14.6. The maximum Gasteiger partial charge on any atom is 0.261 e. The number of carbonyl (C=O) groups is 1. The molecule has 1 amide bonds. The van der Waals surface area contributed by atoms with E-state index in [0.29, 0.717) is 16.2 Å². The monoisotopic (exact) mass is 438 g/mol. The van der Waals surface area contributed by atoms with Gasteiger partial charge in [0.1, 0.15) is 11.1 Å². The molecule has 1 N–H and O–H groups in total. The van der Waals surface area contributed by atoms with Crippen molar-refractivity contribution in [1.82, 2.24) is 4.98 Å². The molecule has 1 heterocycles. The van der Waals surface area contributed by atoms with Gasteiger partial charge >= 0.3 is 0 Å². The number of carbonyl (C=O) groups excluding carboxylic acids is 1. The van der Waals surface area contributed by atoms with Crippen LogP contribution in [0.5, 0.6) is 0 Å². The summed E-state index contributed by atoms with van der Waals surface area (Å²) in [5.41, 5.74) is -0.500. The number of oxazole rings is 1. The van der Waals surface area contributed by atoms with Crippen LogP contribution in [-0.2, 0) is 0 Å². The average molecular weight is 439 g/mol. The molecule has 0 aliphatic carbocycles. The number of anilines is 1. The topological polar surface area (TPSA) is 55.1 Å². The standard InChI is InChI=1S/C20H8ClF5N2O2/c21-10-4-2-1-3-9(10)20-28-11-7-8(5-6-12(11)30-20)27-19(29)13-14(22)16(24)18(26)17(25)15(13)23/h1-7H,(H,27,29). The number of benzene rings is 3. The van der Waals surface area contributed by atoms with E-state index in [-0.39, 0.29) is 17.1 Å². The van der Waals surface area contributed by atoms with E-state index in [2.05, 4.69) is 10.3 Å². The van der Waals surface area contributed by atoms with Gasteiger partial charge in [0.2, 0.25) is 11.7 Å². The molecule has 0 unspecified atom stereocenters. The molecule has 0 saturated carbocycles. The van der Waals surface area contributed by atoms with Crippen LogP contribution in [0.15, 0.2) is 46.9 Å². The van der Waals surface area contributed by atoms with Crippen molar-refractivity contribution in [3.63, 3.8) is 0 Å². The number of hydrogen-bond acceptors (Lipinski definition) is 3. The fraction of sp³-hybridized carbons (Fsp3) is 0. The first-order valence-electron chi connectivity index (χ1n) is 8.26. The van der Waals surface area contributed by atoms with Crippen molar-refractivity contribution in [1.29, 1.82) is 0 Å². The van der Waals surface area contributed by atoms with E-state index in [1.807, 2.05) is 0 Å². The van der Waals surface area contributed by atoms with E-state index in [9.17, 15) is 26.7 Å². The van der Waals surface area contributed by atoms with Crippen LogP contribution in [-0.4, -0.2) is 10.9 Å². The molecule has 0 fully saturated rings. The largest absolute Gasteiger partial charge is 0.436 e. The molecule has 152 valence electrons. The van der Waals surface area contributed by atoms with E-state index in [4.69, 9.17) is 16.0 Å². The van der Waals surface area contributed by atoms with Gasteiger partial charge in [-0.15, -0.1) is 0 Å². The van der Waals surface area contributed by atoms with Crippen molar-refractivity contribution < 1.29 is 31.2 Å². The van der Waals surface area contributed by atoms with Gasteiger partial charge in [-0.3, -0.25) is 4.79 Å². The quantitative estimate of drug-likeness (QED) is 0.239. The van der Waals surface area contributed by atoms with Crippen LogP contribution in [0, 0.1) is 29.1 Å². The predicted molar refractivity (Wildman–Crippen MR) is 98.6 cm³/mol. The minimum absolute atomic E-state index is 0.00421. The van der Waals surface area contributed by atoms with Gasteiger partial charge in [0.25, 0.3) is 5.91 Å². The fourth-order valence-corrected chi connectivity index (χ4v) is 2.97. The number of fused-ring (bicyclic) bond motifs is 1. The minimum atomic E-state index is -2.35. The summed E-state index contributed by atoms with van der Waals surface area (Å²) in [6, 6.07) is 10.8. The Hall–Kier alpha value is -3.46. The first-order valence-corrected chi connectivity index (χ1v) is 8.64. The Bertz CT molecular complexity index is 1290. The maximum absolute atomic E-state index is 13.8. The van der Waals surface area contributed by atoms with Crippen LogP contribution < -0.4 is 5.32 Å². The van der Waals surface area contributed by atoms with Gasteiger partial charge in [-0.1, -0.05) is 23.7 Å². The second-order valence-corrected chi connectivity index (χ2v) is 6.49. The number of amides is 1. The molecular formula is C20H8ClF5N2O2. The Morgan fingerprint density at radius 1 is 0.900 bits per heavy atom. The summed E-state index contributed by atoms with van der Waals surface area (Å²) in [5, 5.41) is 2.48. The summed E-state index contributed by atoms with van der Waals surface area (Å²) >= 11 is 6.10. The number of nitrogens with zero attached hydrogens (tertiary/aromatic N) is 1. The molecule has 4 rings (SSSR count). The minimum Gasteiger partial charge on any atom is -0.436 e. The maximum atomic E-state index is 13.8. The summed E-state index contributed by atoms with van der Waals surface area (Å²) < 4.78 is 73.0. The van der Waals surface area contributed by atoms with Crippen LogP contribution in [0.1, 0.15) is 10.4 Å². The van der Waals surface area contributed by atoms with E-state index in [1.54, 1.807) is 24.3 Å². The van der Waals surface area contributed by atoms with E-state index in [1.165, 1.54) is 18.2 Å². The van der Waals surface area contributed by atoms with Crippen molar-refractivity contribution in [3.05, 3.63) is 82.1 Å². The molecule has 4 aromatic rings. The van der Waals surface area contributed by atoms with Gasteiger partial charge in [-0.2, -0.15) is 0 Å². The van der Waals surface area contributed by atoms with Crippen LogP contribution >= 0.6 is 11.6 Å². The molecule has 10 heteroatoms. The van der Waals surface area contributed by atoms with Crippen LogP contribution in [0.25, 0.3) is 22.6 Å². The highest BCUT2D eigenvalue weighted by Gasteiger charge is 2.29. The van der Waals surface area contributed by atoms with Crippen molar-refractivity contribution in [2.45, 2.75) is 0 Å². The molecule has 0 spiro atoms. The van der Waals surface area contributed by atoms with Gasteiger partial charge in [-0.05, 0) is 30.3 Å². The molecule has 0 aliphatic heterocycles. The third-order valence-electron chi connectivity index (χ3n) is 4.19. The summed E-state index contributed by atoms with van der Waals surface area (Å²) in [7, 11) is 0. The first kappa shape index (κ1) is 19.8. The Balaban J connectivity index is 1.69. The second-order valence-electron chi connectivity index (χ2n) is 6.08. The van der Waals surface area contributed by atoms with Gasteiger partial charge in [0.15, 0.2) is 28.9 Å². The third kappa shape index (κ3) is 3.26. The SMILES string of the molecule is O=C(Nc1ccc2oc(-c3ccccc3Cl)nc2c1)c1c(F)c(F)c(F)c(F)c1F. The van der Waals surface area contributed by atoms with E-state index >= 15 is 0 Å². The lowest BCUT2D eigenvalue weighted by Gasteiger charge is -2.09. The van der Waals surface area contributed by atoms with Crippen LogP contribution in [0.4, 0.5) is 27.6 Å². The normalized spacial score (nSPS) is 11.1. The van der Waals surface area contributed by atoms with Crippen LogP contribution in [0.2, 0.25) is 5.02 Å². The number of aromatic nitrogens is 1. The fourth-order valence-electron chi connectivity index (χ4n) is 2.75. The lowest BCUT2D eigenvalue weighted by molar-refractivity contribution is 0.101. The molecule has 4 nitrogen and oxygen atoms in total. The molecular weight excluding hydrogens is 431 g/mol. The number of nitrogens with one attached hydrogen (secondary N) is 1. The lowest BCUT2D eigenvalue weighted by atomic mass is 10.1. The molecule has 0 bridgehead atoms. The first-order chi connectivity index (χ1) is 14.3. The Kier molecular flexibility index (Phi) is 4.90. The van der Waals surface area contributed by atoms with Crippen molar-refractivity contribution in [2.75, 3.05) is 5.32 Å². The number of halogens is 6. The van der Waals surface area contributed by atoms with E-state index < -0.39 is 40.6 Å². The molecule has 30 heavy (non-hydrogen) atoms. The van der Waals surface area contributed by atoms with E-state index in [0.717, 1.165) is 0 Å². The van der Waals surface area contributed by atoms with Crippen molar-refractivity contribution in [2.24, 2.45) is 0 Å². The highest BCUT2D eigenvalue weighted by atomic mass is 35.5. The zero-order chi connectivity index (χ0) is 21.6. The summed E-state index contributed by atoms with van der Waals surface area (Å²) in [6.45, 7) is 0. The highest BCUT2D eigenvalue weighted by Crippen LogP contribution is 2.31. The second kappa shape index (κ2) is 7.42. The van der Waals surface area contributed by atoms with Crippen LogP contribution in [0.3, 0.4) is 0 Å². The molecule has 0 atom stereocenters. The lowest BCUT2D eigenvalue weighted by Crippen LogP contribution is -2.19. The zero-order valence-corrected chi connectivity index (χ0v) is 15.3. The number of hydrogen-bond donors (Lipinski definition) is 1. The molecule has 3 aromatic carbocycles. The van der Waals surface area contributed by atoms with Gasteiger partial charge < -0.3 is 9.73 Å². The summed E-state index contributed by atoms with van der Waals surface area (Å²) in [5.74, 6) is -12.6. The molecule has 0 radical (unpaired) electrons. The van der Waals surface area contributed by atoms with Gasteiger partial charge in [0, 0.05) is 5.69 Å². The number of rotatable bonds is 3. The molecule has 1 aromatic heterocycles. The molecule has 0 saturated heterocycles. The van der Waals surface area contributed by atoms with Crippen molar-refractivity contribution in [3.8, 4) is 11.5 Å². The highest BCUT2D eigenvalue weighted by molar-refractivity contribution is 6.33. The average Bonchev–Trinajstić information content (AvgIpc) is 3.14. The Labute approximate surface area is 169 Å². The third-order valence-corrected chi connectivity index (χ3v) is 4.52. The Morgan fingerprint density at radius 2 is 1.53 bits per heavy atom. The smallest absolute Gasteiger partial charge is 0.261 e.